The van der Waals surface area contributed by atoms with E-state index in [2.05, 4.69) is 15.9 Å². The van der Waals surface area contributed by atoms with Crippen LogP contribution in [0.2, 0.25) is 0 Å². The van der Waals surface area contributed by atoms with Crippen molar-refractivity contribution >= 4 is 27.5 Å². The first-order valence-electron chi connectivity index (χ1n) is 6.36. The van der Waals surface area contributed by atoms with E-state index >= 15 is 0 Å². The van der Waals surface area contributed by atoms with Gasteiger partial charge in [0.05, 0.1) is 0 Å². The van der Waals surface area contributed by atoms with Crippen LogP contribution in [0.5, 0.6) is 5.75 Å². The van der Waals surface area contributed by atoms with Crippen LogP contribution in [0, 0.1) is 5.82 Å². The Balaban J connectivity index is 2.13. The van der Waals surface area contributed by atoms with Crippen LogP contribution in [-0.2, 0) is 5.33 Å². The second-order valence-corrected chi connectivity index (χ2v) is 5.35. The number of halogens is 3. The Morgan fingerprint density at radius 2 is 1.70 bits per heavy atom. The van der Waals surface area contributed by atoms with Crippen molar-refractivity contribution in [1.82, 2.24) is 0 Å². The topological polar surface area (TPSA) is 9.23 Å². The number of alkyl halides is 2. The zero-order valence-corrected chi connectivity index (χ0v) is 13.2. The van der Waals surface area contributed by atoms with Gasteiger partial charge < -0.3 is 4.74 Å². The van der Waals surface area contributed by atoms with Crippen molar-refractivity contribution in [3.05, 3.63) is 65.5 Å². The number of rotatable bonds is 6. The van der Waals surface area contributed by atoms with Gasteiger partial charge in [0.1, 0.15) is 17.7 Å². The Morgan fingerprint density at radius 3 is 2.25 bits per heavy atom. The predicted molar refractivity (Wildman–Crippen MR) is 84.2 cm³/mol. The van der Waals surface area contributed by atoms with Gasteiger partial charge in [-0.05, 0) is 35.4 Å². The fourth-order valence-electron chi connectivity index (χ4n) is 1.89. The van der Waals surface area contributed by atoms with Gasteiger partial charge in [0.2, 0.25) is 0 Å². The van der Waals surface area contributed by atoms with Crippen molar-refractivity contribution in [2.75, 3.05) is 5.88 Å². The Labute approximate surface area is 131 Å². The lowest BCUT2D eigenvalue weighted by molar-refractivity contribution is 0.202. The molecule has 1 atom stereocenters. The van der Waals surface area contributed by atoms with E-state index in [1.54, 1.807) is 12.1 Å². The van der Waals surface area contributed by atoms with Gasteiger partial charge in [0, 0.05) is 17.6 Å². The van der Waals surface area contributed by atoms with Crippen molar-refractivity contribution in [3.8, 4) is 5.75 Å². The lowest BCUT2D eigenvalue weighted by atomic mass is 10.1. The quantitative estimate of drug-likeness (QED) is 0.623. The van der Waals surface area contributed by atoms with Crippen molar-refractivity contribution < 1.29 is 9.13 Å². The molecule has 0 spiro atoms. The molecule has 0 aliphatic rings. The second kappa shape index (κ2) is 7.65. The Hall–Kier alpha value is -1.06. The van der Waals surface area contributed by atoms with E-state index in [4.69, 9.17) is 16.3 Å². The van der Waals surface area contributed by atoms with Gasteiger partial charge in [-0.15, -0.1) is 11.6 Å². The first-order chi connectivity index (χ1) is 9.72. The van der Waals surface area contributed by atoms with E-state index in [1.807, 2.05) is 24.3 Å². The highest BCUT2D eigenvalue weighted by molar-refractivity contribution is 9.08. The minimum Gasteiger partial charge on any atom is -0.486 e. The molecule has 20 heavy (non-hydrogen) atoms. The molecule has 0 fully saturated rings. The standard InChI is InChI=1S/C16H15BrClFO/c17-11-12-1-7-15(8-2-12)20-16(9-10-18)13-3-5-14(19)6-4-13/h1-8,16H,9-11H2. The molecule has 0 saturated heterocycles. The molecule has 0 bridgehead atoms. The molecule has 1 nitrogen and oxygen atoms in total. The molecule has 2 rings (SSSR count). The molecule has 0 amide bonds. The van der Waals surface area contributed by atoms with E-state index in [-0.39, 0.29) is 11.9 Å². The van der Waals surface area contributed by atoms with Crippen LogP contribution >= 0.6 is 27.5 Å². The fourth-order valence-corrected chi connectivity index (χ4v) is 2.46. The van der Waals surface area contributed by atoms with Crippen LogP contribution in [0.1, 0.15) is 23.7 Å². The first kappa shape index (κ1) is 15.3. The lowest BCUT2D eigenvalue weighted by Crippen LogP contribution is -2.08. The van der Waals surface area contributed by atoms with Crippen LogP contribution in [0.3, 0.4) is 0 Å². The molecule has 0 aromatic heterocycles. The molecule has 0 aliphatic carbocycles. The third kappa shape index (κ3) is 4.22. The first-order valence-corrected chi connectivity index (χ1v) is 8.01. The van der Waals surface area contributed by atoms with Crippen LogP contribution in [-0.4, -0.2) is 5.88 Å². The van der Waals surface area contributed by atoms with Crippen molar-refractivity contribution in [2.45, 2.75) is 17.9 Å². The summed E-state index contributed by atoms with van der Waals surface area (Å²) in [5.74, 6) is 1.02. The van der Waals surface area contributed by atoms with Crippen molar-refractivity contribution in [2.24, 2.45) is 0 Å². The van der Waals surface area contributed by atoms with E-state index in [0.717, 1.165) is 16.6 Å². The molecule has 4 heteroatoms. The Kier molecular flexibility index (Phi) is 5.86. The average Bonchev–Trinajstić information content (AvgIpc) is 2.48. The van der Waals surface area contributed by atoms with Crippen LogP contribution in [0.15, 0.2) is 48.5 Å². The summed E-state index contributed by atoms with van der Waals surface area (Å²) in [6.45, 7) is 0. The molecular formula is C16H15BrClFO. The van der Waals surface area contributed by atoms with E-state index < -0.39 is 0 Å². The molecule has 0 aliphatic heterocycles. The van der Waals surface area contributed by atoms with Crippen LogP contribution < -0.4 is 4.74 Å². The fraction of sp³-hybridized carbons (Fsp3) is 0.250. The number of hydrogen-bond donors (Lipinski definition) is 0. The van der Waals surface area contributed by atoms with Crippen LogP contribution in [0.4, 0.5) is 4.39 Å². The molecular weight excluding hydrogens is 343 g/mol. The third-order valence-corrected chi connectivity index (χ3v) is 3.83. The van der Waals surface area contributed by atoms with Gasteiger partial charge in [-0.25, -0.2) is 4.39 Å². The van der Waals surface area contributed by atoms with Crippen molar-refractivity contribution in [3.63, 3.8) is 0 Å². The molecule has 0 N–H and O–H groups in total. The summed E-state index contributed by atoms with van der Waals surface area (Å²) in [5.41, 5.74) is 2.12. The molecule has 106 valence electrons. The highest BCUT2D eigenvalue weighted by Crippen LogP contribution is 2.26. The maximum absolute atomic E-state index is 13.0. The highest BCUT2D eigenvalue weighted by atomic mass is 79.9. The molecule has 1 unspecified atom stereocenters. The summed E-state index contributed by atoms with van der Waals surface area (Å²) >= 11 is 9.24. The zero-order chi connectivity index (χ0) is 14.4. The molecule has 0 saturated carbocycles. The predicted octanol–water partition coefficient (Wildman–Crippen LogP) is 5.47. The average molecular weight is 358 g/mol. The normalized spacial score (nSPS) is 12.2. The summed E-state index contributed by atoms with van der Waals surface area (Å²) in [6, 6.07) is 14.2. The molecule has 2 aromatic rings. The SMILES string of the molecule is Fc1ccc(C(CCCl)Oc2ccc(CBr)cc2)cc1. The highest BCUT2D eigenvalue weighted by Gasteiger charge is 2.13. The minimum atomic E-state index is -0.250. The molecule has 0 radical (unpaired) electrons. The zero-order valence-electron chi connectivity index (χ0n) is 10.9. The van der Waals surface area contributed by atoms with Gasteiger partial charge in [0.15, 0.2) is 0 Å². The maximum atomic E-state index is 13.0. The van der Waals surface area contributed by atoms with E-state index in [0.29, 0.717) is 12.3 Å². The Morgan fingerprint density at radius 1 is 1.05 bits per heavy atom. The number of benzene rings is 2. The van der Waals surface area contributed by atoms with Crippen LogP contribution in [0.25, 0.3) is 0 Å². The largest absolute Gasteiger partial charge is 0.486 e. The van der Waals surface area contributed by atoms with Gasteiger partial charge in [0.25, 0.3) is 0 Å². The lowest BCUT2D eigenvalue weighted by Gasteiger charge is -2.19. The molecule has 2 aromatic carbocycles. The summed E-state index contributed by atoms with van der Waals surface area (Å²) in [4.78, 5) is 0. The summed E-state index contributed by atoms with van der Waals surface area (Å²) in [5, 5.41) is 0.816. The monoisotopic (exact) mass is 356 g/mol. The summed E-state index contributed by atoms with van der Waals surface area (Å²) < 4.78 is 18.9. The van der Waals surface area contributed by atoms with Gasteiger partial charge in [-0.2, -0.15) is 0 Å². The van der Waals surface area contributed by atoms with Gasteiger partial charge >= 0.3 is 0 Å². The van der Waals surface area contributed by atoms with E-state index in [9.17, 15) is 4.39 Å². The van der Waals surface area contributed by atoms with E-state index in [1.165, 1.54) is 17.7 Å². The second-order valence-electron chi connectivity index (χ2n) is 4.41. The smallest absolute Gasteiger partial charge is 0.125 e. The number of ether oxygens (including phenoxy) is 1. The van der Waals surface area contributed by atoms with Gasteiger partial charge in [-0.1, -0.05) is 40.2 Å². The maximum Gasteiger partial charge on any atom is 0.125 e. The molecule has 0 heterocycles. The third-order valence-electron chi connectivity index (χ3n) is 2.97. The van der Waals surface area contributed by atoms with Gasteiger partial charge in [-0.3, -0.25) is 0 Å². The number of hydrogen-bond acceptors (Lipinski definition) is 1. The summed E-state index contributed by atoms with van der Waals surface area (Å²) in [6.07, 6.45) is 0.510. The minimum absolute atomic E-state index is 0.164. The summed E-state index contributed by atoms with van der Waals surface area (Å²) in [7, 11) is 0. The van der Waals surface area contributed by atoms with Crippen molar-refractivity contribution in [1.29, 1.82) is 0 Å². The Bertz CT molecular complexity index is 527.